The van der Waals surface area contributed by atoms with Gasteiger partial charge in [-0.2, -0.15) is 0 Å². The first kappa shape index (κ1) is 16.6. The molecular formula is C14H17BrFNO3. The van der Waals surface area contributed by atoms with Crippen LogP contribution in [-0.4, -0.2) is 23.5 Å². The fourth-order valence-electron chi connectivity index (χ4n) is 1.37. The smallest absolute Gasteiger partial charge is 0.328 e. The van der Waals surface area contributed by atoms with Crippen LogP contribution in [0.3, 0.4) is 0 Å². The lowest BCUT2D eigenvalue weighted by Crippen LogP contribution is -2.42. The Balaban J connectivity index is 2.70. The molecule has 0 bridgehead atoms. The van der Waals surface area contributed by atoms with E-state index in [1.165, 1.54) is 25.1 Å². The standard InChI is InChI=1S/C14H17BrFNO3/c1-8(13(19)20-14(2,3)4)17-12(18)9-5-6-11(16)10(15)7-9/h5-8H,1-4H3,(H,17,18)/t8-/m1/s1. The van der Waals surface area contributed by atoms with Crippen molar-refractivity contribution in [1.82, 2.24) is 5.32 Å². The van der Waals surface area contributed by atoms with E-state index >= 15 is 0 Å². The summed E-state index contributed by atoms with van der Waals surface area (Å²) in [5.41, 5.74) is -0.358. The van der Waals surface area contributed by atoms with Crippen LogP contribution in [0.5, 0.6) is 0 Å². The molecule has 110 valence electrons. The molecule has 0 saturated heterocycles. The molecule has 1 rings (SSSR count). The third kappa shape index (κ3) is 4.92. The monoisotopic (exact) mass is 345 g/mol. The predicted octanol–water partition coefficient (Wildman–Crippen LogP) is 3.05. The first-order valence-corrected chi connectivity index (χ1v) is 6.88. The predicted molar refractivity (Wildman–Crippen MR) is 76.9 cm³/mol. The van der Waals surface area contributed by atoms with Gasteiger partial charge in [0.15, 0.2) is 0 Å². The lowest BCUT2D eigenvalue weighted by molar-refractivity contribution is -0.156. The van der Waals surface area contributed by atoms with Gasteiger partial charge in [0.2, 0.25) is 0 Å². The Morgan fingerprint density at radius 2 is 1.95 bits per heavy atom. The quantitative estimate of drug-likeness (QED) is 0.856. The SMILES string of the molecule is C[C@@H](NC(=O)c1ccc(F)c(Br)c1)C(=O)OC(C)(C)C. The second kappa shape index (κ2) is 6.35. The highest BCUT2D eigenvalue weighted by Gasteiger charge is 2.23. The molecule has 0 radical (unpaired) electrons. The second-order valence-electron chi connectivity index (χ2n) is 5.36. The molecule has 1 atom stereocenters. The van der Waals surface area contributed by atoms with E-state index in [1.54, 1.807) is 20.8 Å². The van der Waals surface area contributed by atoms with Crippen LogP contribution in [0.25, 0.3) is 0 Å². The topological polar surface area (TPSA) is 55.4 Å². The Hall–Kier alpha value is -1.43. The van der Waals surface area contributed by atoms with Crippen molar-refractivity contribution >= 4 is 27.8 Å². The number of esters is 1. The van der Waals surface area contributed by atoms with Crippen LogP contribution in [0.4, 0.5) is 4.39 Å². The molecule has 0 aliphatic rings. The molecule has 0 aromatic heterocycles. The summed E-state index contributed by atoms with van der Waals surface area (Å²) in [5.74, 6) is -1.45. The highest BCUT2D eigenvalue weighted by atomic mass is 79.9. The summed E-state index contributed by atoms with van der Waals surface area (Å²) < 4.78 is 18.4. The first-order chi connectivity index (χ1) is 9.10. The van der Waals surface area contributed by atoms with Gasteiger partial charge in [-0.05, 0) is 61.8 Å². The largest absolute Gasteiger partial charge is 0.458 e. The maximum Gasteiger partial charge on any atom is 0.328 e. The minimum atomic E-state index is -0.787. The van der Waals surface area contributed by atoms with Gasteiger partial charge < -0.3 is 10.1 Å². The van der Waals surface area contributed by atoms with Crippen LogP contribution < -0.4 is 5.32 Å². The maximum atomic E-state index is 13.1. The summed E-state index contributed by atoms with van der Waals surface area (Å²) in [5, 5.41) is 2.51. The summed E-state index contributed by atoms with van der Waals surface area (Å²) in [7, 11) is 0. The van der Waals surface area contributed by atoms with Gasteiger partial charge in [-0.1, -0.05) is 0 Å². The number of rotatable bonds is 3. The van der Waals surface area contributed by atoms with Crippen LogP contribution in [0.15, 0.2) is 22.7 Å². The molecule has 0 spiro atoms. The number of amides is 1. The average molecular weight is 346 g/mol. The van der Waals surface area contributed by atoms with Crippen molar-refractivity contribution in [3.63, 3.8) is 0 Å². The lowest BCUT2D eigenvalue weighted by atomic mass is 10.2. The highest BCUT2D eigenvalue weighted by Crippen LogP contribution is 2.17. The molecule has 1 aromatic carbocycles. The Morgan fingerprint density at radius 1 is 1.35 bits per heavy atom. The molecule has 4 nitrogen and oxygen atoms in total. The Bertz CT molecular complexity index is 526. The molecule has 0 saturated carbocycles. The number of carbonyl (C=O) groups excluding carboxylic acids is 2. The van der Waals surface area contributed by atoms with Gasteiger partial charge >= 0.3 is 5.97 Å². The van der Waals surface area contributed by atoms with Crippen LogP contribution in [0.1, 0.15) is 38.1 Å². The van der Waals surface area contributed by atoms with Gasteiger partial charge in [-0.15, -0.1) is 0 Å². The van der Waals surface area contributed by atoms with Crippen LogP contribution >= 0.6 is 15.9 Å². The van der Waals surface area contributed by atoms with Gasteiger partial charge in [-0.3, -0.25) is 4.79 Å². The Morgan fingerprint density at radius 3 is 2.45 bits per heavy atom. The van der Waals surface area contributed by atoms with Crippen LogP contribution in [0, 0.1) is 5.82 Å². The van der Waals surface area contributed by atoms with Crippen molar-refractivity contribution in [2.75, 3.05) is 0 Å². The molecule has 1 amide bonds. The normalized spacial score (nSPS) is 12.7. The van der Waals surface area contributed by atoms with E-state index in [0.29, 0.717) is 0 Å². The molecule has 0 aliphatic carbocycles. The zero-order valence-corrected chi connectivity index (χ0v) is 13.4. The summed E-state index contributed by atoms with van der Waals surface area (Å²) in [4.78, 5) is 23.7. The van der Waals surface area contributed by atoms with E-state index < -0.39 is 29.3 Å². The summed E-state index contributed by atoms with van der Waals surface area (Å²) in [6, 6.07) is 3.09. The molecule has 1 N–H and O–H groups in total. The average Bonchev–Trinajstić information content (AvgIpc) is 2.30. The van der Waals surface area contributed by atoms with Crippen LogP contribution in [-0.2, 0) is 9.53 Å². The number of benzene rings is 1. The minimum Gasteiger partial charge on any atom is -0.458 e. The number of hydrogen-bond acceptors (Lipinski definition) is 3. The van der Waals surface area contributed by atoms with Gasteiger partial charge in [-0.25, -0.2) is 9.18 Å². The third-order valence-corrected chi connectivity index (χ3v) is 2.90. The number of ether oxygens (including phenoxy) is 1. The summed E-state index contributed by atoms with van der Waals surface area (Å²) >= 11 is 3.00. The summed E-state index contributed by atoms with van der Waals surface area (Å²) in [6.07, 6.45) is 0. The number of nitrogens with one attached hydrogen (secondary N) is 1. The van der Waals surface area contributed by atoms with Crippen molar-refractivity contribution in [2.45, 2.75) is 39.3 Å². The Labute approximate surface area is 125 Å². The fraction of sp³-hybridized carbons (Fsp3) is 0.429. The lowest BCUT2D eigenvalue weighted by Gasteiger charge is -2.22. The van der Waals surface area contributed by atoms with Gasteiger partial charge in [0, 0.05) is 5.56 Å². The third-order valence-electron chi connectivity index (χ3n) is 2.29. The highest BCUT2D eigenvalue weighted by molar-refractivity contribution is 9.10. The maximum absolute atomic E-state index is 13.1. The zero-order valence-electron chi connectivity index (χ0n) is 11.8. The van der Waals surface area contributed by atoms with Crippen molar-refractivity contribution in [3.05, 3.63) is 34.1 Å². The van der Waals surface area contributed by atoms with E-state index in [1.807, 2.05) is 0 Å². The van der Waals surface area contributed by atoms with E-state index in [-0.39, 0.29) is 10.0 Å². The molecule has 0 heterocycles. The number of halogens is 2. The molecule has 0 unspecified atom stereocenters. The summed E-state index contributed by atoms with van der Waals surface area (Å²) in [6.45, 7) is 6.77. The van der Waals surface area contributed by atoms with E-state index in [2.05, 4.69) is 21.2 Å². The van der Waals surface area contributed by atoms with Crippen molar-refractivity contribution in [2.24, 2.45) is 0 Å². The van der Waals surface area contributed by atoms with Gasteiger partial charge in [0.05, 0.1) is 4.47 Å². The molecule has 0 fully saturated rings. The number of carbonyl (C=O) groups is 2. The van der Waals surface area contributed by atoms with Crippen molar-refractivity contribution in [3.8, 4) is 0 Å². The van der Waals surface area contributed by atoms with E-state index in [4.69, 9.17) is 4.74 Å². The van der Waals surface area contributed by atoms with Gasteiger partial charge in [0.25, 0.3) is 5.91 Å². The number of hydrogen-bond donors (Lipinski definition) is 1. The Kier molecular flexibility index (Phi) is 5.28. The van der Waals surface area contributed by atoms with Crippen LogP contribution in [0.2, 0.25) is 0 Å². The molecule has 0 aliphatic heterocycles. The molecule has 6 heteroatoms. The zero-order chi connectivity index (χ0) is 15.5. The van der Waals surface area contributed by atoms with Crippen molar-refractivity contribution in [1.29, 1.82) is 0 Å². The molecule has 20 heavy (non-hydrogen) atoms. The van der Waals surface area contributed by atoms with Crippen molar-refractivity contribution < 1.29 is 18.7 Å². The molecular weight excluding hydrogens is 329 g/mol. The van der Waals surface area contributed by atoms with Gasteiger partial charge in [0.1, 0.15) is 17.5 Å². The van der Waals surface area contributed by atoms with E-state index in [9.17, 15) is 14.0 Å². The molecule has 1 aromatic rings. The minimum absolute atomic E-state index is 0.190. The second-order valence-corrected chi connectivity index (χ2v) is 6.21. The first-order valence-electron chi connectivity index (χ1n) is 6.09. The fourth-order valence-corrected chi connectivity index (χ4v) is 1.75. The van der Waals surface area contributed by atoms with E-state index in [0.717, 1.165) is 0 Å².